The first-order valence-electron chi connectivity index (χ1n) is 9.25. The zero-order valence-electron chi connectivity index (χ0n) is 17.1. The van der Waals surface area contributed by atoms with Crippen LogP contribution in [-0.2, 0) is 16.2 Å². The predicted molar refractivity (Wildman–Crippen MR) is 115 cm³/mol. The van der Waals surface area contributed by atoms with Crippen LogP contribution < -0.4 is 0 Å². The highest BCUT2D eigenvalue weighted by molar-refractivity contribution is 7.99. The number of hydrogen-bond donors (Lipinski definition) is 0. The molecule has 1 aromatic heterocycles. The van der Waals surface area contributed by atoms with Gasteiger partial charge in [-0.15, -0.1) is 11.8 Å². The standard InChI is InChI=1S/C21H23F3N2O2S2/c1-14-5-8-17(9-6-14)30(27,28)26-15(2)20(29-12-11-25(3)4)18-13-16(21(22,23)24)7-10-19(18)26/h5-10,13H,11-12H2,1-4H3. The molecule has 3 rings (SSSR count). The number of fused-ring (bicyclic) bond motifs is 1. The molecule has 0 spiro atoms. The number of aromatic nitrogens is 1. The summed E-state index contributed by atoms with van der Waals surface area (Å²) in [5.41, 5.74) is 0.772. The molecule has 0 saturated carbocycles. The van der Waals surface area contributed by atoms with E-state index in [0.29, 0.717) is 28.3 Å². The van der Waals surface area contributed by atoms with Crippen molar-refractivity contribution in [3.8, 4) is 0 Å². The molecule has 0 aliphatic heterocycles. The van der Waals surface area contributed by atoms with Crippen LogP contribution in [-0.4, -0.2) is 43.7 Å². The lowest BCUT2D eigenvalue weighted by molar-refractivity contribution is -0.137. The number of rotatable bonds is 6. The maximum absolute atomic E-state index is 13.4. The first kappa shape index (κ1) is 22.7. The quantitative estimate of drug-likeness (QED) is 0.480. The van der Waals surface area contributed by atoms with E-state index in [-0.39, 0.29) is 10.4 Å². The van der Waals surface area contributed by atoms with E-state index in [4.69, 9.17) is 0 Å². The normalized spacial score (nSPS) is 12.8. The summed E-state index contributed by atoms with van der Waals surface area (Å²) in [4.78, 5) is 2.61. The fourth-order valence-electron chi connectivity index (χ4n) is 3.18. The van der Waals surface area contributed by atoms with Crippen LogP contribution in [0.2, 0.25) is 0 Å². The molecule has 162 valence electrons. The molecule has 0 fully saturated rings. The second kappa shape index (κ2) is 8.28. The number of benzene rings is 2. The van der Waals surface area contributed by atoms with Gasteiger partial charge in [-0.3, -0.25) is 0 Å². The highest BCUT2D eigenvalue weighted by atomic mass is 32.2. The summed E-state index contributed by atoms with van der Waals surface area (Å²) in [6.45, 7) is 4.20. The summed E-state index contributed by atoms with van der Waals surface area (Å²) in [5, 5.41) is 0.293. The van der Waals surface area contributed by atoms with Gasteiger partial charge in [0.1, 0.15) is 0 Å². The molecule has 0 N–H and O–H groups in total. The third-order valence-electron chi connectivity index (χ3n) is 4.76. The highest BCUT2D eigenvalue weighted by Crippen LogP contribution is 2.39. The maximum Gasteiger partial charge on any atom is 0.416 e. The number of nitrogens with zero attached hydrogens (tertiary/aromatic N) is 2. The molecule has 4 nitrogen and oxygen atoms in total. The maximum atomic E-state index is 13.4. The molecule has 0 aliphatic carbocycles. The number of aryl methyl sites for hydroxylation is 1. The van der Waals surface area contributed by atoms with Crippen LogP contribution >= 0.6 is 11.8 Å². The van der Waals surface area contributed by atoms with Crippen LogP contribution in [0.4, 0.5) is 13.2 Å². The molecule has 0 saturated heterocycles. The van der Waals surface area contributed by atoms with Gasteiger partial charge in [0.15, 0.2) is 0 Å². The van der Waals surface area contributed by atoms with Gasteiger partial charge in [-0.25, -0.2) is 12.4 Å². The zero-order valence-corrected chi connectivity index (χ0v) is 18.7. The van der Waals surface area contributed by atoms with Crippen LogP contribution in [0.15, 0.2) is 52.3 Å². The Labute approximate surface area is 178 Å². The molecule has 0 radical (unpaired) electrons. The summed E-state index contributed by atoms with van der Waals surface area (Å²) >= 11 is 1.36. The van der Waals surface area contributed by atoms with Gasteiger partial charge in [0.05, 0.1) is 16.0 Å². The van der Waals surface area contributed by atoms with Crippen molar-refractivity contribution < 1.29 is 21.6 Å². The van der Waals surface area contributed by atoms with E-state index in [9.17, 15) is 21.6 Å². The van der Waals surface area contributed by atoms with E-state index >= 15 is 0 Å². The molecule has 1 heterocycles. The van der Waals surface area contributed by atoms with Crippen molar-refractivity contribution in [2.75, 3.05) is 26.4 Å². The molecular weight excluding hydrogens is 433 g/mol. The molecular formula is C21H23F3N2O2S2. The molecule has 0 aliphatic rings. The summed E-state index contributed by atoms with van der Waals surface area (Å²) < 4.78 is 67.9. The lowest BCUT2D eigenvalue weighted by Gasteiger charge is -2.11. The van der Waals surface area contributed by atoms with Gasteiger partial charge in [0.25, 0.3) is 10.0 Å². The molecule has 3 aromatic rings. The molecule has 0 amide bonds. The summed E-state index contributed by atoms with van der Waals surface area (Å²) in [5.74, 6) is 0.619. The Morgan fingerprint density at radius 2 is 1.67 bits per heavy atom. The van der Waals surface area contributed by atoms with Gasteiger partial charge in [-0.1, -0.05) is 17.7 Å². The Morgan fingerprint density at radius 1 is 1.03 bits per heavy atom. The van der Waals surface area contributed by atoms with Gasteiger partial charge < -0.3 is 4.90 Å². The van der Waals surface area contributed by atoms with Gasteiger partial charge in [0, 0.05) is 28.3 Å². The fraction of sp³-hybridized carbons (Fsp3) is 0.333. The minimum Gasteiger partial charge on any atom is -0.309 e. The Hall–Kier alpha value is -1.97. The molecule has 0 atom stereocenters. The van der Waals surface area contributed by atoms with E-state index in [0.717, 1.165) is 21.7 Å². The Morgan fingerprint density at radius 3 is 2.23 bits per heavy atom. The number of hydrogen-bond acceptors (Lipinski definition) is 4. The van der Waals surface area contributed by atoms with Crippen molar-refractivity contribution in [2.24, 2.45) is 0 Å². The van der Waals surface area contributed by atoms with Crippen molar-refractivity contribution in [1.82, 2.24) is 8.87 Å². The molecule has 2 aromatic carbocycles. The average molecular weight is 457 g/mol. The minimum atomic E-state index is -4.51. The van der Waals surface area contributed by atoms with Crippen LogP contribution in [0.5, 0.6) is 0 Å². The van der Waals surface area contributed by atoms with Crippen LogP contribution in [0.25, 0.3) is 10.9 Å². The molecule has 9 heteroatoms. The monoisotopic (exact) mass is 456 g/mol. The molecule has 0 unspecified atom stereocenters. The van der Waals surface area contributed by atoms with Crippen LogP contribution in [0, 0.1) is 13.8 Å². The topological polar surface area (TPSA) is 42.3 Å². The molecule has 30 heavy (non-hydrogen) atoms. The van der Waals surface area contributed by atoms with Crippen molar-refractivity contribution in [3.63, 3.8) is 0 Å². The van der Waals surface area contributed by atoms with Crippen LogP contribution in [0.1, 0.15) is 16.8 Å². The summed E-state index contributed by atoms with van der Waals surface area (Å²) in [6.07, 6.45) is -4.51. The zero-order chi connectivity index (χ0) is 22.3. The van der Waals surface area contributed by atoms with Crippen molar-refractivity contribution in [3.05, 3.63) is 59.3 Å². The van der Waals surface area contributed by atoms with E-state index in [1.807, 2.05) is 25.9 Å². The summed E-state index contributed by atoms with van der Waals surface area (Å²) in [7, 11) is -0.164. The lowest BCUT2D eigenvalue weighted by atomic mass is 10.1. The SMILES string of the molecule is Cc1ccc(S(=O)(=O)n2c(C)c(SCCN(C)C)c3cc(C(F)(F)F)ccc32)cc1. The minimum absolute atomic E-state index is 0.0952. The van der Waals surface area contributed by atoms with Crippen molar-refractivity contribution in [1.29, 1.82) is 0 Å². The van der Waals surface area contributed by atoms with E-state index < -0.39 is 21.8 Å². The van der Waals surface area contributed by atoms with Crippen molar-refractivity contribution >= 4 is 32.7 Å². The first-order valence-corrected chi connectivity index (χ1v) is 11.7. The predicted octanol–water partition coefficient (Wildman–Crippen LogP) is 5.17. The highest BCUT2D eigenvalue weighted by Gasteiger charge is 2.32. The average Bonchev–Trinajstić information content (AvgIpc) is 2.93. The van der Waals surface area contributed by atoms with E-state index in [2.05, 4.69) is 0 Å². The van der Waals surface area contributed by atoms with Crippen LogP contribution in [0.3, 0.4) is 0 Å². The number of thioether (sulfide) groups is 1. The van der Waals surface area contributed by atoms with E-state index in [1.54, 1.807) is 19.1 Å². The Bertz CT molecular complexity index is 1170. The second-order valence-corrected chi connectivity index (χ2v) is 10.3. The number of alkyl halides is 3. The van der Waals surface area contributed by atoms with Gasteiger partial charge in [0.2, 0.25) is 0 Å². The van der Waals surface area contributed by atoms with Gasteiger partial charge in [-0.05, 0) is 58.3 Å². The first-order chi connectivity index (χ1) is 13.9. The molecule has 0 bridgehead atoms. The largest absolute Gasteiger partial charge is 0.416 e. The van der Waals surface area contributed by atoms with Gasteiger partial charge >= 0.3 is 6.18 Å². The Kier molecular flexibility index (Phi) is 6.27. The third kappa shape index (κ3) is 4.38. The fourth-order valence-corrected chi connectivity index (χ4v) is 6.08. The Balaban J connectivity index is 2.23. The van der Waals surface area contributed by atoms with Crippen molar-refractivity contribution in [2.45, 2.75) is 29.8 Å². The lowest BCUT2D eigenvalue weighted by Crippen LogP contribution is -2.15. The third-order valence-corrected chi connectivity index (χ3v) is 7.77. The summed E-state index contributed by atoms with van der Waals surface area (Å²) in [6, 6.07) is 9.63. The van der Waals surface area contributed by atoms with E-state index in [1.165, 1.54) is 30.0 Å². The van der Waals surface area contributed by atoms with Gasteiger partial charge in [-0.2, -0.15) is 13.2 Å². The smallest absolute Gasteiger partial charge is 0.309 e. The number of halogens is 3. The second-order valence-electron chi connectivity index (χ2n) is 7.38.